The van der Waals surface area contributed by atoms with Crippen LogP contribution in [-0.2, 0) is 10.0 Å². The van der Waals surface area contributed by atoms with Gasteiger partial charge in [0.25, 0.3) is 15.9 Å². The van der Waals surface area contributed by atoms with Crippen molar-refractivity contribution in [3.63, 3.8) is 0 Å². The Balaban J connectivity index is 1.80. The van der Waals surface area contributed by atoms with Gasteiger partial charge < -0.3 is 10.4 Å². The number of sulfonamides is 1. The van der Waals surface area contributed by atoms with Crippen LogP contribution in [0.5, 0.6) is 5.75 Å². The Labute approximate surface area is 150 Å². The minimum atomic E-state index is -3.76. The van der Waals surface area contributed by atoms with E-state index in [-0.39, 0.29) is 27.7 Å². The molecule has 0 radical (unpaired) electrons. The number of nitrogens with one attached hydrogen (secondary N) is 2. The van der Waals surface area contributed by atoms with Crippen LogP contribution < -0.4 is 10.0 Å². The van der Waals surface area contributed by atoms with Crippen LogP contribution in [0.15, 0.2) is 77.8 Å². The second-order valence-electron chi connectivity index (χ2n) is 5.32. The molecule has 132 valence electrons. The van der Waals surface area contributed by atoms with Crippen molar-refractivity contribution in [2.24, 2.45) is 0 Å². The number of rotatable bonds is 5. The van der Waals surface area contributed by atoms with Gasteiger partial charge in [0.2, 0.25) is 0 Å². The molecule has 0 aliphatic heterocycles. The molecule has 0 unspecified atom stereocenters. The summed E-state index contributed by atoms with van der Waals surface area (Å²) in [6, 6.07) is 16.9. The third kappa shape index (κ3) is 3.98. The molecule has 3 aromatic rings. The molecule has 26 heavy (non-hydrogen) atoms. The topological polar surface area (TPSA) is 108 Å². The first-order valence-corrected chi connectivity index (χ1v) is 9.07. The van der Waals surface area contributed by atoms with Crippen molar-refractivity contribution in [3.8, 4) is 5.75 Å². The zero-order chi connectivity index (χ0) is 18.6. The van der Waals surface area contributed by atoms with Crippen LogP contribution in [0, 0.1) is 0 Å². The van der Waals surface area contributed by atoms with E-state index in [1.165, 1.54) is 48.7 Å². The maximum atomic E-state index is 12.4. The van der Waals surface area contributed by atoms with Gasteiger partial charge in [-0.1, -0.05) is 24.3 Å². The van der Waals surface area contributed by atoms with Crippen molar-refractivity contribution in [2.75, 3.05) is 10.0 Å². The number of benzene rings is 2. The van der Waals surface area contributed by atoms with Gasteiger partial charge in [0.05, 0.1) is 4.90 Å². The summed E-state index contributed by atoms with van der Waals surface area (Å²) in [7, 11) is -3.76. The zero-order valence-electron chi connectivity index (χ0n) is 13.5. The highest BCUT2D eigenvalue weighted by Crippen LogP contribution is 2.21. The number of aromatic hydroxyl groups is 1. The van der Waals surface area contributed by atoms with Gasteiger partial charge in [-0.3, -0.25) is 9.52 Å². The Kier molecular flexibility index (Phi) is 4.85. The lowest BCUT2D eigenvalue weighted by molar-refractivity contribution is 0.102. The van der Waals surface area contributed by atoms with E-state index in [4.69, 9.17) is 0 Å². The van der Waals surface area contributed by atoms with Gasteiger partial charge in [-0.15, -0.1) is 0 Å². The largest absolute Gasteiger partial charge is 0.504 e. The molecule has 1 amide bonds. The number of amides is 1. The Hall–Kier alpha value is -3.39. The fraction of sp³-hybridized carbons (Fsp3) is 0. The maximum absolute atomic E-state index is 12.4. The zero-order valence-corrected chi connectivity index (χ0v) is 14.3. The van der Waals surface area contributed by atoms with E-state index < -0.39 is 15.9 Å². The number of hydrogen-bond donors (Lipinski definition) is 3. The lowest BCUT2D eigenvalue weighted by atomic mass is 10.2. The first-order valence-electron chi connectivity index (χ1n) is 7.59. The normalized spacial score (nSPS) is 10.9. The van der Waals surface area contributed by atoms with Crippen LogP contribution in [0.2, 0.25) is 0 Å². The van der Waals surface area contributed by atoms with Crippen molar-refractivity contribution in [2.45, 2.75) is 4.90 Å². The van der Waals surface area contributed by atoms with Crippen molar-refractivity contribution in [1.82, 2.24) is 4.98 Å². The monoisotopic (exact) mass is 369 g/mol. The van der Waals surface area contributed by atoms with Gasteiger partial charge in [-0.25, -0.2) is 13.4 Å². The molecule has 0 atom stereocenters. The first kappa shape index (κ1) is 17.4. The van der Waals surface area contributed by atoms with Gasteiger partial charge in [-0.05, 0) is 42.5 Å². The molecule has 0 spiro atoms. The second-order valence-corrected chi connectivity index (χ2v) is 7.01. The summed E-state index contributed by atoms with van der Waals surface area (Å²) in [6.07, 6.45) is 1.43. The lowest BCUT2D eigenvalue weighted by Gasteiger charge is -2.10. The predicted molar refractivity (Wildman–Crippen MR) is 97.5 cm³/mol. The van der Waals surface area contributed by atoms with Crippen LogP contribution in [0.25, 0.3) is 0 Å². The number of hydrogen-bond acceptors (Lipinski definition) is 5. The van der Waals surface area contributed by atoms with Crippen molar-refractivity contribution in [1.29, 1.82) is 0 Å². The first-order chi connectivity index (χ1) is 12.5. The standard InChI is InChI=1S/C18H15N3O4S/c22-16-10-5-11-19-17(16)20-18(23)13-6-4-7-14(12-13)21-26(24,25)15-8-2-1-3-9-15/h1-12,21-22H,(H,19,20,23). The Bertz CT molecular complexity index is 1040. The molecule has 3 N–H and O–H groups in total. The molecule has 1 aromatic heterocycles. The van der Waals surface area contributed by atoms with Crippen LogP contribution >= 0.6 is 0 Å². The maximum Gasteiger partial charge on any atom is 0.261 e. The summed E-state index contributed by atoms with van der Waals surface area (Å²) in [4.78, 5) is 16.3. The number of aromatic nitrogens is 1. The van der Waals surface area contributed by atoms with Crippen LogP contribution in [0.3, 0.4) is 0 Å². The Morgan fingerprint density at radius 3 is 2.46 bits per heavy atom. The summed E-state index contributed by atoms with van der Waals surface area (Å²) < 4.78 is 27.2. The molecule has 0 fully saturated rings. The highest BCUT2D eigenvalue weighted by Gasteiger charge is 2.15. The van der Waals surface area contributed by atoms with Crippen LogP contribution in [0.1, 0.15) is 10.4 Å². The van der Waals surface area contributed by atoms with Gasteiger partial charge in [0.1, 0.15) is 0 Å². The number of carbonyl (C=O) groups excluding carboxylic acids is 1. The quantitative estimate of drug-likeness (QED) is 0.641. The van der Waals surface area contributed by atoms with Crippen LogP contribution in [0.4, 0.5) is 11.5 Å². The Morgan fingerprint density at radius 2 is 1.73 bits per heavy atom. The van der Waals surface area contributed by atoms with E-state index in [2.05, 4.69) is 15.0 Å². The molecule has 7 nitrogen and oxygen atoms in total. The molecular formula is C18H15N3O4S. The van der Waals surface area contributed by atoms with Gasteiger partial charge in [-0.2, -0.15) is 0 Å². The molecule has 3 rings (SSSR count). The number of pyridine rings is 1. The van der Waals surface area contributed by atoms with E-state index in [0.717, 1.165) is 0 Å². The highest BCUT2D eigenvalue weighted by atomic mass is 32.2. The molecular weight excluding hydrogens is 354 g/mol. The SMILES string of the molecule is O=C(Nc1ncccc1O)c1cccc(NS(=O)(=O)c2ccccc2)c1. The summed E-state index contributed by atoms with van der Waals surface area (Å²) in [5, 5.41) is 12.1. The summed E-state index contributed by atoms with van der Waals surface area (Å²) in [5.41, 5.74) is 0.454. The second kappa shape index (κ2) is 7.24. The summed E-state index contributed by atoms with van der Waals surface area (Å²) in [6.45, 7) is 0. The summed E-state index contributed by atoms with van der Waals surface area (Å²) in [5.74, 6) is -0.672. The average Bonchev–Trinajstić information content (AvgIpc) is 2.64. The minimum Gasteiger partial charge on any atom is -0.504 e. The molecule has 8 heteroatoms. The Morgan fingerprint density at radius 1 is 0.962 bits per heavy atom. The van der Waals surface area contributed by atoms with Crippen molar-refractivity contribution >= 4 is 27.4 Å². The van der Waals surface area contributed by atoms with E-state index in [9.17, 15) is 18.3 Å². The molecule has 1 heterocycles. The fourth-order valence-electron chi connectivity index (χ4n) is 2.21. The van der Waals surface area contributed by atoms with E-state index in [1.54, 1.807) is 24.3 Å². The highest BCUT2D eigenvalue weighted by molar-refractivity contribution is 7.92. The molecule has 0 aliphatic rings. The molecule has 0 bridgehead atoms. The molecule has 0 saturated heterocycles. The number of anilines is 2. The predicted octanol–water partition coefficient (Wildman–Crippen LogP) is 2.84. The average molecular weight is 369 g/mol. The third-order valence-electron chi connectivity index (χ3n) is 3.45. The number of nitrogens with zero attached hydrogens (tertiary/aromatic N) is 1. The lowest BCUT2D eigenvalue weighted by Crippen LogP contribution is -2.15. The van der Waals surface area contributed by atoms with Crippen molar-refractivity contribution in [3.05, 3.63) is 78.5 Å². The van der Waals surface area contributed by atoms with Gasteiger partial charge >= 0.3 is 0 Å². The third-order valence-corrected chi connectivity index (χ3v) is 4.85. The van der Waals surface area contributed by atoms with E-state index >= 15 is 0 Å². The van der Waals surface area contributed by atoms with Crippen LogP contribution in [-0.4, -0.2) is 24.4 Å². The van der Waals surface area contributed by atoms with Crippen molar-refractivity contribution < 1.29 is 18.3 Å². The molecule has 0 saturated carbocycles. The fourth-order valence-corrected chi connectivity index (χ4v) is 3.28. The van der Waals surface area contributed by atoms with Gasteiger partial charge in [0.15, 0.2) is 11.6 Å². The van der Waals surface area contributed by atoms with E-state index in [0.29, 0.717) is 0 Å². The summed E-state index contributed by atoms with van der Waals surface area (Å²) >= 11 is 0. The molecule has 2 aromatic carbocycles. The van der Waals surface area contributed by atoms with Gasteiger partial charge in [0, 0.05) is 17.4 Å². The van der Waals surface area contributed by atoms with E-state index in [1.807, 2.05) is 0 Å². The minimum absolute atomic E-state index is 0.0211. The molecule has 0 aliphatic carbocycles. The smallest absolute Gasteiger partial charge is 0.261 e. The number of carbonyl (C=O) groups is 1.